The van der Waals surface area contributed by atoms with Crippen LogP contribution in [0, 0.1) is 0 Å². The van der Waals surface area contributed by atoms with E-state index in [0.717, 1.165) is 0 Å². The Morgan fingerprint density at radius 1 is 1.33 bits per heavy atom. The summed E-state index contributed by atoms with van der Waals surface area (Å²) in [4.78, 5) is 0. The fourth-order valence-electron chi connectivity index (χ4n) is 0.891. The molecule has 1 aliphatic heterocycles. The third kappa shape index (κ3) is 1.53. The lowest BCUT2D eigenvalue weighted by atomic mass is 10.1. The predicted molar refractivity (Wildman–Crippen MR) is 35.2 cm³/mol. The summed E-state index contributed by atoms with van der Waals surface area (Å²) in [6, 6.07) is 0. The van der Waals surface area contributed by atoms with Gasteiger partial charge in [0.25, 0.3) is 0 Å². The molecule has 3 atom stereocenters. The molecule has 0 aliphatic carbocycles. The first-order valence-electron chi connectivity index (χ1n) is 3.22. The molecule has 2 nitrogen and oxygen atoms in total. The molecule has 0 fully saturated rings. The Labute approximate surface area is 55.1 Å². The maximum atomic E-state index is 9.08. The molecule has 0 amide bonds. The summed E-state index contributed by atoms with van der Waals surface area (Å²) in [5.74, 6) is 0. The van der Waals surface area contributed by atoms with Crippen LogP contribution >= 0.6 is 0 Å². The van der Waals surface area contributed by atoms with Crippen LogP contribution in [0.1, 0.15) is 13.8 Å². The van der Waals surface area contributed by atoms with Crippen LogP contribution < -0.4 is 0 Å². The predicted octanol–water partition coefficient (Wildman–Crippen LogP) is 0.711. The van der Waals surface area contributed by atoms with Crippen LogP contribution in [-0.4, -0.2) is 23.4 Å². The minimum Gasteiger partial charge on any atom is -0.386 e. The average molecular weight is 128 g/mol. The lowest BCUT2D eigenvalue weighted by molar-refractivity contribution is -0.0388. The first-order valence-corrected chi connectivity index (χ1v) is 3.22. The number of hydrogen-bond donors (Lipinski definition) is 1. The zero-order chi connectivity index (χ0) is 6.85. The molecule has 9 heavy (non-hydrogen) atoms. The van der Waals surface area contributed by atoms with Crippen LogP contribution in [0.2, 0.25) is 0 Å². The van der Waals surface area contributed by atoms with E-state index in [-0.39, 0.29) is 12.2 Å². The molecule has 2 unspecified atom stereocenters. The monoisotopic (exact) mass is 128 g/mol. The summed E-state index contributed by atoms with van der Waals surface area (Å²) in [7, 11) is 0. The van der Waals surface area contributed by atoms with E-state index in [9.17, 15) is 0 Å². The van der Waals surface area contributed by atoms with E-state index in [2.05, 4.69) is 0 Å². The maximum absolute atomic E-state index is 9.08. The Morgan fingerprint density at radius 3 is 2.44 bits per heavy atom. The smallest absolute Gasteiger partial charge is 0.0981 e. The van der Waals surface area contributed by atoms with E-state index in [4.69, 9.17) is 9.84 Å². The van der Waals surface area contributed by atoms with E-state index in [1.54, 1.807) is 6.08 Å². The highest BCUT2D eigenvalue weighted by Gasteiger charge is 2.17. The number of hydrogen-bond acceptors (Lipinski definition) is 2. The molecule has 0 saturated heterocycles. The Morgan fingerprint density at radius 2 is 2.00 bits per heavy atom. The average Bonchev–Trinajstić information content (AvgIpc) is 1.80. The highest BCUT2D eigenvalue weighted by Crippen LogP contribution is 2.10. The van der Waals surface area contributed by atoms with Gasteiger partial charge in [-0.3, -0.25) is 0 Å². The molecule has 2 heteroatoms. The van der Waals surface area contributed by atoms with Gasteiger partial charge in [0, 0.05) is 0 Å². The van der Waals surface area contributed by atoms with Gasteiger partial charge in [-0.15, -0.1) is 0 Å². The first-order chi connectivity index (χ1) is 4.20. The van der Waals surface area contributed by atoms with Crippen LogP contribution in [0.25, 0.3) is 0 Å². The van der Waals surface area contributed by atoms with Gasteiger partial charge in [-0.25, -0.2) is 0 Å². The third-order valence-corrected chi connectivity index (χ3v) is 1.49. The van der Waals surface area contributed by atoms with Crippen molar-refractivity contribution in [3.8, 4) is 0 Å². The van der Waals surface area contributed by atoms with Crippen molar-refractivity contribution >= 4 is 0 Å². The second-order valence-corrected chi connectivity index (χ2v) is 2.42. The van der Waals surface area contributed by atoms with Crippen molar-refractivity contribution < 1.29 is 9.84 Å². The summed E-state index contributed by atoms with van der Waals surface area (Å²) in [6.07, 6.45) is 3.33. The summed E-state index contributed by atoms with van der Waals surface area (Å²) < 4.78 is 5.26. The summed E-state index contributed by atoms with van der Waals surface area (Å²) in [6.45, 7) is 3.82. The molecule has 0 aromatic carbocycles. The summed E-state index contributed by atoms with van der Waals surface area (Å²) in [5.41, 5.74) is 0. The van der Waals surface area contributed by atoms with Gasteiger partial charge < -0.3 is 9.84 Å². The second kappa shape index (κ2) is 2.50. The van der Waals surface area contributed by atoms with Crippen molar-refractivity contribution in [2.75, 3.05) is 0 Å². The van der Waals surface area contributed by atoms with Gasteiger partial charge in [-0.1, -0.05) is 12.2 Å². The van der Waals surface area contributed by atoms with E-state index in [0.29, 0.717) is 0 Å². The van der Waals surface area contributed by atoms with Crippen molar-refractivity contribution in [1.29, 1.82) is 0 Å². The molecular formula is C7H12O2. The lowest BCUT2D eigenvalue weighted by Crippen LogP contribution is -2.31. The molecule has 1 rings (SSSR count). The van der Waals surface area contributed by atoms with Gasteiger partial charge in [-0.2, -0.15) is 0 Å². The number of rotatable bonds is 0. The van der Waals surface area contributed by atoms with Crippen LogP contribution in [0.3, 0.4) is 0 Å². The maximum Gasteiger partial charge on any atom is 0.0981 e. The molecule has 1 aliphatic rings. The molecule has 0 aromatic heterocycles. The fraction of sp³-hybridized carbons (Fsp3) is 0.714. The van der Waals surface area contributed by atoms with E-state index < -0.39 is 6.10 Å². The highest BCUT2D eigenvalue weighted by atomic mass is 16.5. The lowest BCUT2D eigenvalue weighted by Gasteiger charge is -2.24. The molecular weight excluding hydrogens is 116 g/mol. The van der Waals surface area contributed by atoms with Crippen LogP contribution in [0.4, 0.5) is 0 Å². The number of aliphatic hydroxyl groups is 1. The van der Waals surface area contributed by atoms with E-state index in [1.165, 1.54) is 0 Å². The molecule has 0 saturated carbocycles. The van der Waals surface area contributed by atoms with E-state index >= 15 is 0 Å². The number of ether oxygens (including phenoxy) is 1. The zero-order valence-electron chi connectivity index (χ0n) is 5.74. The molecule has 0 radical (unpaired) electrons. The van der Waals surface area contributed by atoms with Gasteiger partial charge in [0.2, 0.25) is 0 Å². The normalized spacial score (nSPS) is 43.2. The van der Waals surface area contributed by atoms with Crippen molar-refractivity contribution in [1.82, 2.24) is 0 Å². The van der Waals surface area contributed by atoms with Gasteiger partial charge >= 0.3 is 0 Å². The van der Waals surface area contributed by atoms with E-state index in [1.807, 2.05) is 19.9 Å². The fourth-order valence-corrected chi connectivity index (χ4v) is 0.891. The Hall–Kier alpha value is -0.340. The quantitative estimate of drug-likeness (QED) is 0.487. The van der Waals surface area contributed by atoms with Gasteiger partial charge in [0.05, 0.1) is 18.3 Å². The van der Waals surface area contributed by atoms with Crippen LogP contribution in [-0.2, 0) is 4.74 Å². The van der Waals surface area contributed by atoms with Crippen LogP contribution in [0.15, 0.2) is 12.2 Å². The summed E-state index contributed by atoms with van der Waals surface area (Å²) in [5, 5.41) is 9.08. The third-order valence-electron chi connectivity index (χ3n) is 1.49. The Balaban J connectivity index is 2.54. The topological polar surface area (TPSA) is 29.5 Å². The Bertz CT molecular complexity index is 120. The molecule has 0 bridgehead atoms. The second-order valence-electron chi connectivity index (χ2n) is 2.42. The van der Waals surface area contributed by atoms with Gasteiger partial charge in [-0.05, 0) is 13.8 Å². The number of aliphatic hydroxyl groups excluding tert-OH is 1. The van der Waals surface area contributed by atoms with Crippen molar-refractivity contribution in [2.24, 2.45) is 0 Å². The SMILES string of the molecule is CC1C=C[C@@H](O)C(C)O1. The molecule has 1 N–H and O–H groups in total. The minimum atomic E-state index is -0.416. The van der Waals surface area contributed by atoms with Crippen molar-refractivity contribution in [3.05, 3.63) is 12.2 Å². The van der Waals surface area contributed by atoms with Gasteiger partial charge in [0.15, 0.2) is 0 Å². The molecule has 1 heterocycles. The molecule has 0 aromatic rings. The Kier molecular flexibility index (Phi) is 1.88. The largest absolute Gasteiger partial charge is 0.386 e. The van der Waals surface area contributed by atoms with Crippen LogP contribution in [0.5, 0.6) is 0 Å². The standard InChI is InChI=1S/C7H12O2/c1-5-3-4-7(8)6(2)9-5/h3-8H,1-2H3/t5?,6?,7-/m1/s1. The zero-order valence-corrected chi connectivity index (χ0v) is 5.74. The molecule has 0 spiro atoms. The highest BCUT2D eigenvalue weighted by molar-refractivity contribution is 4.99. The molecule has 52 valence electrons. The van der Waals surface area contributed by atoms with Crippen molar-refractivity contribution in [3.63, 3.8) is 0 Å². The first kappa shape index (κ1) is 6.78. The van der Waals surface area contributed by atoms with Crippen molar-refractivity contribution in [2.45, 2.75) is 32.2 Å². The van der Waals surface area contributed by atoms with Gasteiger partial charge in [0.1, 0.15) is 0 Å². The summed E-state index contributed by atoms with van der Waals surface area (Å²) >= 11 is 0. The minimum absolute atomic E-state index is 0.0509.